The van der Waals surface area contributed by atoms with Gasteiger partial charge in [-0.25, -0.2) is 13.4 Å². The summed E-state index contributed by atoms with van der Waals surface area (Å²) in [7, 11) is -5.92. The van der Waals surface area contributed by atoms with Gasteiger partial charge in [-0.3, -0.25) is 4.79 Å². The first kappa shape index (κ1) is 30.0. The lowest BCUT2D eigenvalue weighted by Gasteiger charge is -2.17. The van der Waals surface area contributed by atoms with Crippen LogP contribution in [0.15, 0.2) is 65.7 Å². The molecule has 2 aromatic heterocycles. The fourth-order valence-electron chi connectivity index (χ4n) is 4.72. The Balaban J connectivity index is 1.61. The Labute approximate surface area is 239 Å². The third-order valence-corrected chi connectivity index (χ3v) is 10.5. The number of hydrogen-bond acceptors (Lipinski definition) is 6. The molecule has 0 aliphatic carbocycles. The Bertz CT molecular complexity index is 1710. The quantitative estimate of drug-likeness (QED) is 0.256. The predicted octanol–water partition coefficient (Wildman–Crippen LogP) is 4.65. The van der Waals surface area contributed by atoms with E-state index in [1.54, 1.807) is 62.8 Å². The van der Waals surface area contributed by atoms with Crippen LogP contribution in [0, 0.1) is 0 Å². The number of nitrogens with one attached hydrogen (secondary N) is 1. The van der Waals surface area contributed by atoms with E-state index in [0.29, 0.717) is 34.6 Å². The zero-order valence-electron chi connectivity index (χ0n) is 22.9. The van der Waals surface area contributed by atoms with E-state index in [1.807, 2.05) is 17.4 Å². The van der Waals surface area contributed by atoms with Crippen molar-refractivity contribution in [1.29, 1.82) is 0 Å². The minimum absolute atomic E-state index is 0.0108. The molecule has 4 aromatic rings. The van der Waals surface area contributed by atoms with Crippen molar-refractivity contribution in [2.45, 2.75) is 37.6 Å². The SMILES string of the molecule is CCc1c(Cc2ccc(Cl)cc2P(C)(C)=O)nc2cc(C(=O)N[C@@H](CO)c3ccc(S(=O)(=O)CC)cc3)ccn12. The van der Waals surface area contributed by atoms with Crippen LogP contribution in [-0.2, 0) is 27.2 Å². The fraction of sp³-hybridized carbons (Fsp3) is 0.310. The zero-order valence-corrected chi connectivity index (χ0v) is 25.4. The molecule has 0 saturated heterocycles. The van der Waals surface area contributed by atoms with Crippen molar-refractivity contribution in [2.75, 3.05) is 25.7 Å². The molecular weight excluding hydrogens is 569 g/mol. The highest BCUT2D eigenvalue weighted by molar-refractivity contribution is 7.91. The first-order valence-corrected chi connectivity index (χ1v) is 17.6. The molecule has 0 fully saturated rings. The lowest BCUT2D eigenvalue weighted by atomic mass is 10.1. The van der Waals surface area contributed by atoms with Gasteiger partial charge in [0.1, 0.15) is 12.8 Å². The van der Waals surface area contributed by atoms with Crippen molar-refractivity contribution >= 4 is 45.4 Å². The topological polar surface area (TPSA) is 118 Å². The molecule has 8 nitrogen and oxygen atoms in total. The van der Waals surface area contributed by atoms with Crippen molar-refractivity contribution in [2.24, 2.45) is 0 Å². The van der Waals surface area contributed by atoms with Gasteiger partial charge < -0.3 is 19.4 Å². The van der Waals surface area contributed by atoms with Gasteiger partial charge >= 0.3 is 0 Å². The molecule has 1 atom stereocenters. The zero-order chi connectivity index (χ0) is 29.2. The second-order valence-corrected chi connectivity index (χ2v) is 15.9. The van der Waals surface area contributed by atoms with Crippen molar-refractivity contribution in [3.8, 4) is 0 Å². The van der Waals surface area contributed by atoms with Crippen molar-refractivity contribution in [1.82, 2.24) is 14.7 Å². The Kier molecular flexibility index (Phi) is 8.90. The van der Waals surface area contributed by atoms with Gasteiger partial charge in [-0.1, -0.05) is 43.6 Å². The number of nitrogens with zero attached hydrogens (tertiary/aromatic N) is 2. The lowest BCUT2D eigenvalue weighted by molar-refractivity contribution is 0.0916. The number of aromatic nitrogens is 2. The maximum atomic E-state index is 13.1. The van der Waals surface area contributed by atoms with E-state index in [1.165, 1.54) is 12.1 Å². The molecule has 2 N–H and O–H groups in total. The summed E-state index contributed by atoms with van der Waals surface area (Å²) in [6.07, 6.45) is 2.98. The molecule has 4 rings (SSSR count). The summed E-state index contributed by atoms with van der Waals surface area (Å²) in [6, 6.07) is 14.3. The van der Waals surface area contributed by atoms with Crippen molar-refractivity contribution < 1.29 is 22.9 Å². The number of hydrogen-bond donors (Lipinski definition) is 2. The van der Waals surface area contributed by atoms with Crippen molar-refractivity contribution in [3.63, 3.8) is 0 Å². The third-order valence-electron chi connectivity index (χ3n) is 6.90. The summed E-state index contributed by atoms with van der Waals surface area (Å²) in [4.78, 5) is 18.2. The molecule has 0 spiro atoms. The van der Waals surface area contributed by atoms with Gasteiger partial charge in [0.15, 0.2) is 9.84 Å². The number of aryl methyl sites for hydroxylation is 1. The Hall–Kier alpha value is -2.97. The molecule has 212 valence electrons. The van der Waals surface area contributed by atoms with Gasteiger partial charge in [0, 0.05) is 34.2 Å². The maximum absolute atomic E-state index is 13.1. The first-order valence-electron chi connectivity index (χ1n) is 13.0. The molecule has 0 radical (unpaired) electrons. The lowest BCUT2D eigenvalue weighted by Crippen LogP contribution is -2.30. The summed E-state index contributed by atoms with van der Waals surface area (Å²) in [5, 5.41) is 14.0. The number of sulfone groups is 1. The number of imidazole rings is 1. The highest BCUT2D eigenvalue weighted by Gasteiger charge is 2.21. The maximum Gasteiger partial charge on any atom is 0.252 e. The van der Waals surface area contributed by atoms with E-state index < -0.39 is 28.9 Å². The number of carbonyl (C=O) groups excluding carboxylic acids is 1. The predicted molar refractivity (Wildman–Crippen MR) is 159 cm³/mol. The summed E-state index contributed by atoms with van der Waals surface area (Å²) in [6.45, 7) is 6.69. The Morgan fingerprint density at radius 1 is 1.10 bits per heavy atom. The molecule has 0 saturated carbocycles. The Morgan fingerprint density at radius 3 is 2.40 bits per heavy atom. The van der Waals surface area contributed by atoms with Crippen LogP contribution in [-0.4, -0.2) is 54.5 Å². The largest absolute Gasteiger partial charge is 0.394 e. The first-order chi connectivity index (χ1) is 18.9. The summed E-state index contributed by atoms with van der Waals surface area (Å²) < 4.78 is 39.1. The normalized spacial score (nSPS) is 12.9. The van der Waals surface area contributed by atoms with Crippen LogP contribution >= 0.6 is 18.7 Å². The van der Waals surface area contributed by atoms with Crippen LogP contribution in [0.5, 0.6) is 0 Å². The van der Waals surface area contributed by atoms with Crippen LogP contribution in [0.25, 0.3) is 5.65 Å². The number of halogens is 1. The van der Waals surface area contributed by atoms with Gasteiger partial charge in [-0.2, -0.15) is 0 Å². The smallest absolute Gasteiger partial charge is 0.252 e. The molecule has 1 amide bonds. The number of carbonyl (C=O) groups is 1. The number of fused-ring (bicyclic) bond motifs is 1. The van der Waals surface area contributed by atoms with Crippen molar-refractivity contribution in [3.05, 3.63) is 93.9 Å². The molecule has 0 aliphatic rings. The van der Waals surface area contributed by atoms with E-state index in [9.17, 15) is 22.9 Å². The molecule has 0 aliphatic heterocycles. The van der Waals surface area contributed by atoms with Gasteiger partial charge in [0.2, 0.25) is 0 Å². The second-order valence-electron chi connectivity index (χ2n) is 9.98. The van der Waals surface area contributed by atoms with Gasteiger partial charge in [0.05, 0.1) is 29.0 Å². The van der Waals surface area contributed by atoms with E-state index in [4.69, 9.17) is 16.6 Å². The monoisotopic (exact) mass is 601 g/mol. The van der Waals surface area contributed by atoms with Crippen LogP contribution < -0.4 is 10.6 Å². The summed E-state index contributed by atoms with van der Waals surface area (Å²) in [5.41, 5.74) is 4.27. The van der Waals surface area contributed by atoms with E-state index in [-0.39, 0.29) is 17.3 Å². The number of amides is 1. The molecule has 0 unspecified atom stereocenters. The summed E-state index contributed by atoms with van der Waals surface area (Å²) in [5.74, 6) is -0.407. The molecule has 0 bridgehead atoms. The third kappa shape index (κ3) is 6.33. The molecule has 2 aromatic carbocycles. The Morgan fingerprint density at radius 2 is 1.80 bits per heavy atom. The minimum Gasteiger partial charge on any atom is -0.394 e. The average Bonchev–Trinajstić information content (AvgIpc) is 3.28. The summed E-state index contributed by atoms with van der Waals surface area (Å²) >= 11 is 6.19. The fourth-order valence-corrected chi connectivity index (χ4v) is 7.15. The molecular formula is C29H33ClN3O5PS. The molecule has 2 heterocycles. The number of aliphatic hydroxyl groups excluding tert-OH is 1. The van der Waals surface area contributed by atoms with Crippen LogP contribution in [0.3, 0.4) is 0 Å². The number of rotatable bonds is 10. The van der Waals surface area contributed by atoms with E-state index >= 15 is 0 Å². The molecule has 11 heteroatoms. The molecule has 40 heavy (non-hydrogen) atoms. The highest BCUT2D eigenvalue weighted by atomic mass is 35.5. The highest BCUT2D eigenvalue weighted by Crippen LogP contribution is 2.37. The van der Waals surface area contributed by atoms with E-state index in [0.717, 1.165) is 22.3 Å². The standard InChI is InChI=1S/C29H33ClN3O5PS/c1-5-26-24(15-20-7-10-22(30)17-27(20)39(3,4)36)31-28-16-21(13-14-33(26)28)29(35)32-25(18-34)19-8-11-23(12-9-19)40(37,38)6-2/h7-14,16-17,25,34H,5-6,15,18H2,1-4H3,(H,32,35)/t25-/m0/s1. The minimum atomic E-state index is -3.35. The van der Waals surface area contributed by atoms with E-state index in [2.05, 4.69) is 5.32 Å². The number of aliphatic hydroxyl groups is 1. The van der Waals surface area contributed by atoms with Gasteiger partial charge in [0.25, 0.3) is 5.91 Å². The van der Waals surface area contributed by atoms with Gasteiger partial charge in [-0.05, 0) is 67.3 Å². The number of pyridine rings is 1. The average molecular weight is 602 g/mol. The van der Waals surface area contributed by atoms with Crippen LogP contribution in [0.2, 0.25) is 5.02 Å². The van der Waals surface area contributed by atoms with Crippen LogP contribution in [0.4, 0.5) is 0 Å². The second kappa shape index (κ2) is 11.9. The van der Waals surface area contributed by atoms with Crippen LogP contribution in [0.1, 0.15) is 52.8 Å². The number of benzene rings is 2. The van der Waals surface area contributed by atoms with Gasteiger partial charge in [-0.15, -0.1) is 0 Å².